The maximum Gasteiger partial charge on any atom is 0.257 e. The van der Waals surface area contributed by atoms with Crippen molar-refractivity contribution in [1.82, 2.24) is 15.5 Å². The van der Waals surface area contributed by atoms with Crippen molar-refractivity contribution in [2.75, 3.05) is 38.9 Å². The van der Waals surface area contributed by atoms with Gasteiger partial charge in [-0.1, -0.05) is 35.2 Å². The summed E-state index contributed by atoms with van der Waals surface area (Å²) in [5.74, 6) is 1.69. The largest absolute Gasteiger partial charge is 0.497 e. The third-order valence-corrected chi connectivity index (χ3v) is 6.44. The average molecular weight is 489 g/mol. The van der Waals surface area contributed by atoms with Gasteiger partial charge in [-0.25, -0.2) is 0 Å². The van der Waals surface area contributed by atoms with Gasteiger partial charge in [0.15, 0.2) is 15.8 Å². The smallest absolute Gasteiger partial charge is 0.257 e. The van der Waals surface area contributed by atoms with Crippen LogP contribution in [0.15, 0.2) is 46.8 Å². The van der Waals surface area contributed by atoms with Crippen LogP contribution in [-0.4, -0.2) is 55.6 Å². The monoisotopic (exact) mass is 488 g/mol. The molecule has 0 aliphatic carbocycles. The first-order valence-electron chi connectivity index (χ1n) is 9.91. The summed E-state index contributed by atoms with van der Waals surface area (Å²) in [5, 5.41) is 13.9. The highest BCUT2D eigenvalue weighted by atomic mass is 32.2. The molecule has 0 aliphatic rings. The first-order valence-corrected chi connectivity index (χ1v) is 11.7. The van der Waals surface area contributed by atoms with E-state index in [1.165, 1.54) is 30.2 Å². The maximum absolute atomic E-state index is 12.4. The Morgan fingerprint density at radius 3 is 2.58 bits per heavy atom. The van der Waals surface area contributed by atoms with Gasteiger partial charge in [-0.05, 0) is 42.3 Å². The Labute approximate surface area is 199 Å². The number of nitrogens with zero attached hydrogens (tertiary/aromatic N) is 2. The molecule has 174 valence electrons. The molecule has 3 aromatic rings. The zero-order chi connectivity index (χ0) is 23.6. The Bertz CT molecular complexity index is 1110. The van der Waals surface area contributed by atoms with Gasteiger partial charge in [0, 0.05) is 12.1 Å². The SMILES string of the molecule is COc1cccc(C(=O)Nc2nnc(SCC(=O)NCCc3ccc(OC)c(OC)c3)s2)c1. The molecule has 0 saturated heterocycles. The average Bonchev–Trinajstić information content (AvgIpc) is 3.29. The van der Waals surface area contributed by atoms with Crippen molar-refractivity contribution in [3.8, 4) is 17.2 Å². The molecule has 0 radical (unpaired) electrons. The summed E-state index contributed by atoms with van der Waals surface area (Å²) in [4.78, 5) is 24.5. The highest BCUT2D eigenvalue weighted by molar-refractivity contribution is 8.01. The number of carbonyl (C=O) groups excluding carboxylic acids is 2. The molecular weight excluding hydrogens is 464 g/mol. The summed E-state index contributed by atoms with van der Waals surface area (Å²) < 4.78 is 16.2. The topological polar surface area (TPSA) is 112 Å². The normalized spacial score (nSPS) is 10.4. The van der Waals surface area contributed by atoms with Gasteiger partial charge in [-0.15, -0.1) is 10.2 Å². The Hall–Kier alpha value is -3.31. The standard InChI is InChI=1S/C22H24N4O5S2/c1-29-16-6-4-5-15(12-16)20(28)24-21-25-26-22(33-21)32-13-19(27)23-10-9-14-7-8-17(30-2)18(11-14)31-3/h4-8,11-12H,9-10,13H2,1-3H3,(H,23,27)(H,24,25,28). The van der Waals surface area contributed by atoms with Crippen LogP contribution in [0.2, 0.25) is 0 Å². The Balaban J connectivity index is 1.42. The number of hydrogen-bond donors (Lipinski definition) is 2. The molecule has 0 saturated carbocycles. The number of carbonyl (C=O) groups is 2. The van der Waals surface area contributed by atoms with Crippen LogP contribution in [0.25, 0.3) is 0 Å². The van der Waals surface area contributed by atoms with Gasteiger partial charge in [0.1, 0.15) is 5.75 Å². The second-order valence-electron chi connectivity index (χ2n) is 6.64. The first-order chi connectivity index (χ1) is 16.0. The first kappa shape index (κ1) is 24.3. The molecule has 0 atom stereocenters. The molecule has 11 heteroatoms. The molecule has 1 aromatic heterocycles. The molecule has 2 N–H and O–H groups in total. The van der Waals surface area contributed by atoms with Crippen LogP contribution in [0.4, 0.5) is 5.13 Å². The van der Waals surface area contributed by atoms with E-state index in [1.807, 2.05) is 18.2 Å². The van der Waals surface area contributed by atoms with Crippen LogP contribution in [0.3, 0.4) is 0 Å². The summed E-state index contributed by atoms with van der Waals surface area (Å²) in [7, 11) is 4.71. The third-order valence-electron chi connectivity index (χ3n) is 4.47. The van der Waals surface area contributed by atoms with Gasteiger partial charge >= 0.3 is 0 Å². The lowest BCUT2D eigenvalue weighted by Gasteiger charge is -2.10. The number of anilines is 1. The zero-order valence-electron chi connectivity index (χ0n) is 18.4. The molecule has 2 amide bonds. The molecule has 0 spiro atoms. The summed E-state index contributed by atoms with van der Waals surface area (Å²) in [6, 6.07) is 12.5. The van der Waals surface area contributed by atoms with E-state index >= 15 is 0 Å². The Morgan fingerprint density at radius 1 is 1.00 bits per heavy atom. The second kappa shape index (κ2) is 12.1. The lowest BCUT2D eigenvalue weighted by Crippen LogP contribution is -2.27. The minimum Gasteiger partial charge on any atom is -0.497 e. The quantitative estimate of drug-likeness (QED) is 0.312. The van der Waals surface area contributed by atoms with E-state index in [0.29, 0.717) is 45.2 Å². The second-order valence-corrected chi connectivity index (χ2v) is 8.84. The number of benzene rings is 2. The van der Waals surface area contributed by atoms with Crippen molar-refractivity contribution in [2.24, 2.45) is 0 Å². The van der Waals surface area contributed by atoms with Crippen LogP contribution >= 0.6 is 23.1 Å². The summed E-state index contributed by atoms with van der Waals surface area (Å²) in [6.45, 7) is 0.493. The minimum atomic E-state index is -0.311. The van der Waals surface area contributed by atoms with Crippen molar-refractivity contribution in [2.45, 2.75) is 10.8 Å². The van der Waals surface area contributed by atoms with E-state index in [2.05, 4.69) is 20.8 Å². The Kier molecular flexibility index (Phi) is 8.90. The third kappa shape index (κ3) is 7.09. The fraction of sp³-hybridized carbons (Fsp3) is 0.273. The van der Waals surface area contributed by atoms with Crippen molar-refractivity contribution in [3.63, 3.8) is 0 Å². The highest BCUT2D eigenvalue weighted by Gasteiger charge is 2.13. The molecule has 0 fully saturated rings. The van der Waals surface area contributed by atoms with Gasteiger partial charge in [0.05, 0.1) is 27.1 Å². The van der Waals surface area contributed by atoms with Crippen LogP contribution in [0.5, 0.6) is 17.2 Å². The summed E-state index contributed by atoms with van der Waals surface area (Å²) in [5.41, 5.74) is 1.48. The lowest BCUT2D eigenvalue weighted by atomic mass is 10.1. The predicted molar refractivity (Wildman–Crippen MR) is 128 cm³/mol. The molecule has 3 rings (SSSR count). The van der Waals surface area contributed by atoms with E-state index in [-0.39, 0.29) is 17.6 Å². The van der Waals surface area contributed by atoms with Crippen molar-refractivity contribution >= 4 is 40.0 Å². The molecule has 0 bridgehead atoms. The minimum absolute atomic E-state index is 0.113. The van der Waals surface area contributed by atoms with Gasteiger partial charge in [0.2, 0.25) is 11.0 Å². The number of aromatic nitrogens is 2. The van der Waals surface area contributed by atoms with Gasteiger partial charge in [0.25, 0.3) is 5.91 Å². The number of amides is 2. The number of ether oxygens (including phenoxy) is 3. The van der Waals surface area contributed by atoms with E-state index < -0.39 is 0 Å². The predicted octanol–water partition coefficient (Wildman–Crippen LogP) is 3.27. The molecule has 2 aromatic carbocycles. The van der Waals surface area contributed by atoms with Gasteiger partial charge in [-0.3, -0.25) is 14.9 Å². The van der Waals surface area contributed by atoms with Crippen LogP contribution in [0, 0.1) is 0 Å². The van der Waals surface area contributed by atoms with E-state index in [4.69, 9.17) is 14.2 Å². The van der Waals surface area contributed by atoms with Crippen LogP contribution in [0.1, 0.15) is 15.9 Å². The van der Waals surface area contributed by atoms with Crippen molar-refractivity contribution < 1.29 is 23.8 Å². The number of nitrogens with one attached hydrogen (secondary N) is 2. The number of hydrogen-bond acceptors (Lipinski definition) is 9. The summed E-state index contributed by atoms with van der Waals surface area (Å²) in [6.07, 6.45) is 0.663. The van der Waals surface area contributed by atoms with E-state index in [1.54, 1.807) is 38.5 Å². The van der Waals surface area contributed by atoms with Crippen molar-refractivity contribution in [1.29, 1.82) is 0 Å². The van der Waals surface area contributed by atoms with Crippen LogP contribution < -0.4 is 24.8 Å². The lowest BCUT2D eigenvalue weighted by molar-refractivity contribution is -0.118. The van der Waals surface area contributed by atoms with Crippen molar-refractivity contribution in [3.05, 3.63) is 53.6 Å². The Morgan fingerprint density at radius 2 is 1.82 bits per heavy atom. The molecule has 9 nitrogen and oxygen atoms in total. The van der Waals surface area contributed by atoms with E-state index in [0.717, 1.165) is 5.56 Å². The molecular formula is C22H24N4O5S2. The van der Waals surface area contributed by atoms with Crippen LogP contribution in [-0.2, 0) is 11.2 Å². The summed E-state index contributed by atoms with van der Waals surface area (Å²) >= 11 is 2.47. The van der Waals surface area contributed by atoms with E-state index in [9.17, 15) is 9.59 Å². The number of methoxy groups -OCH3 is 3. The van der Waals surface area contributed by atoms with Gasteiger partial charge in [-0.2, -0.15) is 0 Å². The molecule has 1 heterocycles. The highest BCUT2D eigenvalue weighted by Crippen LogP contribution is 2.28. The zero-order valence-corrected chi connectivity index (χ0v) is 20.0. The molecule has 0 unspecified atom stereocenters. The fourth-order valence-corrected chi connectivity index (χ4v) is 4.39. The number of thioether (sulfide) groups is 1. The maximum atomic E-state index is 12.4. The fourth-order valence-electron chi connectivity index (χ4n) is 2.81. The van der Waals surface area contributed by atoms with Gasteiger partial charge < -0.3 is 19.5 Å². The molecule has 33 heavy (non-hydrogen) atoms. The number of rotatable bonds is 11. The molecule has 0 aliphatic heterocycles.